The Balaban J connectivity index is 2.18. The zero-order chi connectivity index (χ0) is 10.6. The molecule has 1 aliphatic carbocycles. The first kappa shape index (κ1) is 12.0. The molecule has 2 unspecified atom stereocenters. The van der Waals surface area contributed by atoms with Crippen molar-refractivity contribution in [3.05, 3.63) is 0 Å². The molecule has 0 bridgehead atoms. The van der Waals surface area contributed by atoms with Crippen LogP contribution < -0.4 is 5.32 Å². The van der Waals surface area contributed by atoms with Crippen molar-refractivity contribution in [2.75, 3.05) is 13.2 Å². The van der Waals surface area contributed by atoms with Crippen LogP contribution in [0.1, 0.15) is 39.5 Å². The van der Waals surface area contributed by atoms with E-state index in [1.54, 1.807) is 0 Å². The van der Waals surface area contributed by atoms with Crippen molar-refractivity contribution in [2.24, 2.45) is 5.92 Å². The number of hydrogen-bond donors (Lipinski definition) is 3. The number of hydrogen-bond acceptors (Lipinski definition) is 3. The van der Waals surface area contributed by atoms with E-state index >= 15 is 0 Å². The lowest BCUT2D eigenvalue weighted by molar-refractivity contribution is 0.0694. The Morgan fingerprint density at radius 2 is 2.07 bits per heavy atom. The molecule has 1 saturated carbocycles. The van der Waals surface area contributed by atoms with E-state index < -0.39 is 5.60 Å². The zero-order valence-electron chi connectivity index (χ0n) is 9.29. The van der Waals surface area contributed by atoms with Gasteiger partial charge in [0, 0.05) is 12.6 Å². The Morgan fingerprint density at radius 1 is 1.36 bits per heavy atom. The van der Waals surface area contributed by atoms with Crippen LogP contribution in [0, 0.1) is 5.92 Å². The SMILES string of the molecule is CC(C)(O)CCNC1CCCC1CO. The highest BCUT2D eigenvalue weighted by Gasteiger charge is 2.26. The molecule has 1 rings (SSSR count). The second-order valence-corrected chi connectivity index (χ2v) is 5.00. The van der Waals surface area contributed by atoms with E-state index in [4.69, 9.17) is 5.11 Å². The lowest BCUT2D eigenvalue weighted by Gasteiger charge is -2.22. The highest BCUT2D eigenvalue weighted by atomic mass is 16.3. The molecule has 0 aromatic carbocycles. The van der Waals surface area contributed by atoms with Gasteiger partial charge < -0.3 is 15.5 Å². The van der Waals surface area contributed by atoms with Crippen molar-refractivity contribution in [3.8, 4) is 0 Å². The highest BCUT2D eigenvalue weighted by Crippen LogP contribution is 2.25. The van der Waals surface area contributed by atoms with Crippen LogP contribution in [0.3, 0.4) is 0 Å². The topological polar surface area (TPSA) is 52.5 Å². The molecule has 2 atom stereocenters. The number of aliphatic hydroxyl groups excluding tert-OH is 1. The van der Waals surface area contributed by atoms with Crippen LogP contribution in [0.2, 0.25) is 0 Å². The van der Waals surface area contributed by atoms with Crippen LogP contribution >= 0.6 is 0 Å². The number of rotatable bonds is 5. The van der Waals surface area contributed by atoms with Gasteiger partial charge in [0.1, 0.15) is 0 Å². The van der Waals surface area contributed by atoms with Gasteiger partial charge in [-0.25, -0.2) is 0 Å². The average molecular weight is 201 g/mol. The van der Waals surface area contributed by atoms with E-state index in [9.17, 15) is 5.11 Å². The molecule has 0 aliphatic heterocycles. The van der Waals surface area contributed by atoms with Gasteiger partial charge in [0.2, 0.25) is 0 Å². The Labute approximate surface area is 86.5 Å². The fourth-order valence-corrected chi connectivity index (χ4v) is 2.09. The standard InChI is InChI=1S/C11H23NO2/c1-11(2,14)6-7-12-10-5-3-4-9(10)8-13/h9-10,12-14H,3-8H2,1-2H3. The minimum Gasteiger partial charge on any atom is -0.396 e. The summed E-state index contributed by atoms with van der Waals surface area (Å²) in [4.78, 5) is 0. The molecule has 3 N–H and O–H groups in total. The molecule has 0 spiro atoms. The predicted molar refractivity (Wildman–Crippen MR) is 57.1 cm³/mol. The van der Waals surface area contributed by atoms with Gasteiger partial charge in [0.15, 0.2) is 0 Å². The third-order valence-electron chi connectivity index (χ3n) is 3.04. The Hall–Kier alpha value is -0.120. The molecular formula is C11H23NO2. The smallest absolute Gasteiger partial charge is 0.0603 e. The van der Waals surface area contributed by atoms with E-state index in [1.165, 1.54) is 6.42 Å². The quantitative estimate of drug-likeness (QED) is 0.619. The maximum atomic E-state index is 9.53. The van der Waals surface area contributed by atoms with Gasteiger partial charge in [-0.3, -0.25) is 0 Å². The summed E-state index contributed by atoms with van der Waals surface area (Å²) in [5, 5.41) is 22.1. The summed E-state index contributed by atoms with van der Waals surface area (Å²) in [6, 6.07) is 0.461. The van der Waals surface area contributed by atoms with Crippen molar-refractivity contribution in [3.63, 3.8) is 0 Å². The molecule has 0 aromatic rings. The third kappa shape index (κ3) is 3.95. The molecule has 0 aromatic heterocycles. The summed E-state index contributed by atoms with van der Waals surface area (Å²) in [5.41, 5.74) is -0.583. The fraction of sp³-hybridized carbons (Fsp3) is 1.00. The largest absolute Gasteiger partial charge is 0.396 e. The molecule has 84 valence electrons. The van der Waals surface area contributed by atoms with Gasteiger partial charge in [-0.15, -0.1) is 0 Å². The first-order valence-electron chi connectivity index (χ1n) is 5.59. The molecule has 14 heavy (non-hydrogen) atoms. The van der Waals surface area contributed by atoms with Gasteiger partial charge in [-0.2, -0.15) is 0 Å². The summed E-state index contributed by atoms with van der Waals surface area (Å²) in [6.07, 6.45) is 4.28. The summed E-state index contributed by atoms with van der Waals surface area (Å²) in [6.45, 7) is 4.78. The number of nitrogens with one attached hydrogen (secondary N) is 1. The minimum atomic E-state index is -0.583. The molecule has 0 saturated heterocycles. The summed E-state index contributed by atoms with van der Waals surface area (Å²) < 4.78 is 0. The molecule has 1 fully saturated rings. The molecule has 3 heteroatoms. The van der Waals surface area contributed by atoms with Crippen molar-refractivity contribution in [1.82, 2.24) is 5.32 Å². The third-order valence-corrected chi connectivity index (χ3v) is 3.04. The van der Waals surface area contributed by atoms with Gasteiger partial charge in [0.05, 0.1) is 5.60 Å². The minimum absolute atomic E-state index is 0.292. The Morgan fingerprint density at radius 3 is 2.64 bits per heavy atom. The van der Waals surface area contributed by atoms with E-state index in [2.05, 4.69) is 5.32 Å². The average Bonchev–Trinajstić information content (AvgIpc) is 2.49. The van der Waals surface area contributed by atoms with Crippen LogP contribution in [-0.4, -0.2) is 35.0 Å². The summed E-state index contributed by atoms with van der Waals surface area (Å²) in [5.74, 6) is 0.428. The molecular weight excluding hydrogens is 178 g/mol. The second-order valence-electron chi connectivity index (χ2n) is 5.00. The molecule has 0 amide bonds. The van der Waals surface area contributed by atoms with Crippen LogP contribution in [0.5, 0.6) is 0 Å². The van der Waals surface area contributed by atoms with Gasteiger partial charge in [-0.05, 0) is 45.6 Å². The van der Waals surface area contributed by atoms with E-state index in [0.29, 0.717) is 18.6 Å². The maximum Gasteiger partial charge on any atom is 0.0603 e. The first-order valence-corrected chi connectivity index (χ1v) is 5.59. The normalized spacial score (nSPS) is 28.3. The Bertz CT molecular complexity index is 165. The van der Waals surface area contributed by atoms with Crippen molar-refractivity contribution in [1.29, 1.82) is 0 Å². The summed E-state index contributed by atoms with van der Waals surface area (Å²) >= 11 is 0. The van der Waals surface area contributed by atoms with Crippen molar-refractivity contribution >= 4 is 0 Å². The van der Waals surface area contributed by atoms with Crippen molar-refractivity contribution in [2.45, 2.75) is 51.2 Å². The van der Waals surface area contributed by atoms with E-state index in [0.717, 1.165) is 25.8 Å². The van der Waals surface area contributed by atoms with Crippen LogP contribution in [0.25, 0.3) is 0 Å². The van der Waals surface area contributed by atoms with E-state index in [-0.39, 0.29) is 0 Å². The van der Waals surface area contributed by atoms with Gasteiger partial charge >= 0.3 is 0 Å². The lowest BCUT2D eigenvalue weighted by Crippen LogP contribution is -2.37. The van der Waals surface area contributed by atoms with E-state index in [1.807, 2.05) is 13.8 Å². The molecule has 0 heterocycles. The van der Waals surface area contributed by atoms with Gasteiger partial charge in [0.25, 0.3) is 0 Å². The first-order chi connectivity index (χ1) is 6.53. The predicted octanol–water partition coefficient (Wildman–Crippen LogP) is 0.898. The highest BCUT2D eigenvalue weighted by molar-refractivity contribution is 4.83. The maximum absolute atomic E-state index is 9.53. The van der Waals surface area contributed by atoms with Crippen LogP contribution in [-0.2, 0) is 0 Å². The van der Waals surface area contributed by atoms with Crippen LogP contribution in [0.4, 0.5) is 0 Å². The lowest BCUT2D eigenvalue weighted by atomic mass is 10.0. The van der Waals surface area contributed by atoms with Crippen molar-refractivity contribution < 1.29 is 10.2 Å². The summed E-state index contributed by atoms with van der Waals surface area (Å²) in [7, 11) is 0. The second kappa shape index (κ2) is 5.10. The molecule has 1 aliphatic rings. The monoisotopic (exact) mass is 201 g/mol. The fourth-order valence-electron chi connectivity index (χ4n) is 2.09. The zero-order valence-corrected chi connectivity index (χ0v) is 9.29. The molecule has 0 radical (unpaired) electrons. The molecule has 3 nitrogen and oxygen atoms in total. The number of aliphatic hydroxyl groups is 2. The van der Waals surface area contributed by atoms with Crippen LogP contribution in [0.15, 0.2) is 0 Å². The van der Waals surface area contributed by atoms with Gasteiger partial charge in [-0.1, -0.05) is 6.42 Å². The Kier molecular flexibility index (Phi) is 4.35.